The summed E-state index contributed by atoms with van der Waals surface area (Å²) < 4.78 is 10.7. The number of hydrogen-bond donors (Lipinski definition) is 0. The fourth-order valence-electron chi connectivity index (χ4n) is 4.10. The average Bonchev–Trinajstić information content (AvgIpc) is 3.04. The summed E-state index contributed by atoms with van der Waals surface area (Å²) in [4.78, 5) is 20.8. The standard InChI is InChI=1S/C16H25N3O3/c1-12-14(22-11-17-12)15(20)19-6-4-16(5-7-19)10-18(2)8-13(16)9-21-3/h11,13H,4-10H2,1-3H3. The van der Waals surface area contributed by atoms with Gasteiger partial charge < -0.3 is 19.0 Å². The lowest BCUT2D eigenvalue weighted by molar-refractivity contribution is 0.0308. The van der Waals surface area contributed by atoms with E-state index in [0.29, 0.717) is 17.4 Å². The summed E-state index contributed by atoms with van der Waals surface area (Å²) in [6, 6.07) is 0. The maximum Gasteiger partial charge on any atom is 0.291 e. The topological polar surface area (TPSA) is 58.8 Å². The van der Waals surface area contributed by atoms with E-state index >= 15 is 0 Å². The molecule has 2 aliphatic rings. The molecule has 0 radical (unpaired) electrons. The van der Waals surface area contributed by atoms with Gasteiger partial charge in [0.15, 0.2) is 6.39 Å². The quantitative estimate of drug-likeness (QED) is 0.845. The lowest BCUT2D eigenvalue weighted by Gasteiger charge is -2.42. The van der Waals surface area contributed by atoms with E-state index in [1.54, 1.807) is 7.11 Å². The third kappa shape index (κ3) is 2.65. The van der Waals surface area contributed by atoms with Crippen LogP contribution in [0.3, 0.4) is 0 Å². The highest BCUT2D eigenvalue weighted by atomic mass is 16.5. The summed E-state index contributed by atoms with van der Waals surface area (Å²) in [6.07, 6.45) is 3.41. The molecular formula is C16H25N3O3. The van der Waals surface area contributed by atoms with E-state index in [9.17, 15) is 4.79 Å². The fourth-order valence-corrected chi connectivity index (χ4v) is 4.10. The molecule has 122 valence electrons. The Balaban J connectivity index is 1.67. The smallest absolute Gasteiger partial charge is 0.291 e. The van der Waals surface area contributed by atoms with Crippen molar-refractivity contribution >= 4 is 5.91 Å². The van der Waals surface area contributed by atoms with Gasteiger partial charge in [-0.1, -0.05) is 0 Å². The monoisotopic (exact) mass is 307 g/mol. The van der Waals surface area contributed by atoms with Gasteiger partial charge in [-0.25, -0.2) is 4.98 Å². The molecule has 6 nitrogen and oxygen atoms in total. The van der Waals surface area contributed by atoms with Crippen molar-refractivity contribution in [1.29, 1.82) is 0 Å². The van der Waals surface area contributed by atoms with Gasteiger partial charge in [0, 0.05) is 39.2 Å². The molecule has 1 amide bonds. The van der Waals surface area contributed by atoms with E-state index in [1.165, 1.54) is 6.39 Å². The molecule has 0 N–H and O–H groups in total. The van der Waals surface area contributed by atoms with Gasteiger partial charge >= 0.3 is 0 Å². The van der Waals surface area contributed by atoms with Crippen molar-refractivity contribution in [2.24, 2.45) is 11.3 Å². The van der Waals surface area contributed by atoms with Gasteiger partial charge in [0.1, 0.15) is 0 Å². The minimum Gasteiger partial charge on any atom is -0.438 e. The Morgan fingerprint density at radius 2 is 2.23 bits per heavy atom. The number of methoxy groups -OCH3 is 1. The highest BCUT2D eigenvalue weighted by molar-refractivity contribution is 5.92. The van der Waals surface area contributed by atoms with Crippen LogP contribution in [0.5, 0.6) is 0 Å². The number of ether oxygens (including phenoxy) is 1. The summed E-state index contributed by atoms with van der Waals surface area (Å²) in [6.45, 7) is 6.37. The number of nitrogens with zero attached hydrogens (tertiary/aromatic N) is 3. The largest absolute Gasteiger partial charge is 0.438 e. The van der Waals surface area contributed by atoms with Crippen LogP contribution < -0.4 is 0 Å². The van der Waals surface area contributed by atoms with Gasteiger partial charge in [-0.15, -0.1) is 0 Å². The molecule has 0 aromatic carbocycles. The number of rotatable bonds is 3. The van der Waals surface area contributed by atoms with Crippen molar-refractivity contribution < 1.29 is 13.9 Å². The number of aryl methyl sites for hydroxylation is 1. The normalized spacial score (nSPS) is 25.0. The zero-order valence-corrected chi connectivity index (χ0v) is 13.7. The van der Waals surface area contributed by atoms with Crippen molar-refractivity contribution in [3.05, 3.63) is 17.8 Å². The molecule has 1 atom stereocenters. The van der Waals surface area contributed by atoms with Gasteiger partial charge in [-0.3, -0.25) is 4.79 Å². The Morgan fingerprint density at radius 1 is 1.50 bits per heavy atom. The maximum absolute atomic E-state index is 12.5. The van der Waals surface area contributed by atoms with E-state index in [-0.39, 0.29) is 11.3 Å². The van der Waals surface area contributed by atoms with E-state index < -0.39 is 0 Å². The van der Waals surface area contributed by atoms with Crippen LogP contribution in [0.25, 0.3) is 0 Å². The van der Waals surface area contributed by atoms with Crippen LogP contribution >= 0.6 is 0 Å². The molecule has 3 rings (SSSR count). The molecule has 0 saturated carbocycles. The van der Waals surface area contributed by atoms with Gasteiger partial charge in [0.2, 0.25) is 5.76 Å². The van der Waals surface area contributed by atoms with Crippen LogP contribution in [0.1, 0.15) is 29.1 Å². The molecule has 1 aromatic heterocycles. The second-order valence-corrected chi connectivity index (χ2v) is 6.77. The number of carbonyl (C=O) groups is 1. The van der Waals surface area contributed by atoms with Gasteiger partial charge in [0.05, 0.1) is 12.3 Å². The number of likely N-dealkylation sites (tertiary alicyclic amines) is 2. The highest BCUT2D eigenvalue weighted by Crippen LogP contribution is 2.44. The van der Waals surface area contributed by atoms with Crippen LogP contribution in [0, 0.1) is 18.3 Å². The number of amides is 1. The predicted octanol–water partition coefficient (Wildman–Crippen LogP) is 1.41. The molecule has 6 heteroatoms. The third-order valence-corrected chi connectivity index (χ3v) is 5.34. The number of carbonyl (C=O) groups excluding carboxylic acids is 1. The Bertz CT molecular complexity index is 534. The zero-order chi connectivity index (χ0) is 15.7. The van der Waals surface area contributed by atoms with Crippen molar-refractivity contribution in [3.8, 4) is 0 Å². The first-order chi connectivity index (χ1) is 10.6. The maximum atomic E-state index is 12.5. The summed E-state index contributed by atoms with van der Waals surface area (Å²) in [7, 11) is 3.95. The summed E-state index contributed by atoms with van der Waals surface area (Å²) in [5, 5.41) is 0. The first-order valence-electron chi connectivity index (χ1n) is 7.92. The Kier molecular flexibility index (Phi) is 4.23. The van der Waals surface area contributed by atoms with Gasteiger partial charge in [-0.05, 0) is 32.2 Å². The van der Waals surface area contributed by atoms with Crippen molar-refractivity contribution in [2.75, 3.05) is 46.9 Å². The number of oxazole rings is 1. The van der Waals surface area contributed by atoms with Crippen LogP contribution in [-0.2, 0) is 4.74 Å². The lowest BCUT2D eigenvalue weighted by Crippen LogP contribution is -2.47. The minimum atomic E-state index is -0.0282. The molecule has 2 fully saturated rings. The Hall–Kier alpha value is -1.40. The second kappa shape index (κ2) is 6.01. The molecule has 0 bridgehead atoms. The van der Waals surface area contributed by atoms with E-state index in [0.717, 1.165) is 45.6 Å². The van der Waals surface area contributed by atoms with Gasteiger partial charge in [0.25, 0.3) is 5.91 Å². The Morgan fingerprint density at radius 3 is 2.82 bits per heavy atom. The molecule has 2 aliphatic heterocycles. The number of piperidine rings is 1. The first-order valence-corrected chi connectivity index (χ1v) is 7.92. The summed E-state index contributed by atoms with van der Waals surface area (Å²) in [5.41, 5.74) is 0.959. The molecule has 3 heterocycles. The summed E-state index contributed by atoms with van der Waals surface area (Å²) >= 11 is 0. The van der Waals surface area contributed by atoms with E-state index in [2.05, 4.69) is 16.9 Å². The van der Waals surface area contributed by atoms with Crippen molar-refractivity contribution in [3.63, 3.8) is 0 Å². The molecule has 1 aromatic rings. The van der Waals surface area contributed by atoms with Crippen LogP contribution in [-0.4, -0.2) is 67.6 Å². The number of aromatic nitrogens is 1. The van der Waals surface area contributed by atoms with Crippen LogP contribution in [0.4, 0.5) is 0 Å². The molecule has 1 spiro atoms. The van der Waals surface area contributed by atoms with Crippen LogP contribution in [0.2, 0.25) is 0 Å². The molecule has 0 aliphatic carbocycles. The third-order valence-electron chi connectivity index (χ3n) is 5.34. The predicted molar refractivity (Wildman–Crippen MR) is 81.7 cm³/mol. The average molecular weight is 307 g/mol. The summed E-state index contributed by atoms with van der Waals surface area (Å²) in [5.74, 6) is 0.916. The Labute approximate surface area is 131 Å². The second-order valence-electron chi connectivity index (χ2n) is 6.77. The van der Waals surface area contributed by atoms with E-state index in [1.807, 2.05) is 11.8 Å². The molecular weight excluding hydrogens is 282 g/mol. The van der Waals surface area contributed by atoms with Crippen molar-refractivity contribution in [2.45, 2.75) is 19.8 Å². The highest BCUT2D eigenvalue weighted by Gasteiger charge is 2.47. The SMILES string of the molecule is COCC1CN(C)CC12CCN(C(=O)c1ocnc1C)CC2. The first kappa shape index (κ1) is 15.5. The van der Waals surface area contributed by atoms with Crippen molar-refractivity contribution in [1.82, 2.24) is 14.8 Å². The zero-order valence-electron chi connectivity index (χ0n) is 13.7. The van der Waals surface area contributed by atoms with Gasteiger partial charge in [-0.2, -0.15) is 0 Å². The minimum absolute atomic E-state index is 0.0282. The number of hydrogen-bond acceptors (Lipinski definition) is 5. The van der Waals surface area contributed by atoms with Crippen LogP contribution in [0.15, 0.2) is 10.8 Å². The fraction of sp³-hybridized carbons (Fsp3) is 0.750. The molecule has 2 saturated heterocycles. The van der Waals surface area contributed by atoms with E-state index in [4.69, 9.17) is 9.15 Å². The lowest BCUT2D eigenvalue weighted by atomic mass is 9.71. The molecule has 1 unspecified atom stereocenters. The molecule has 22 heavy (non-hydrogen) atoms.